The molecule has 0 aromatic heterocycles. The molecule has 0 N–H and O–H groups in total. The molecule has 0 fully saturated rings. The van der Waals surface area contributed by atoms with Gasteiger partial charge in [0.25, 0.3) is 0 Å². The molecule has 0 aromatic rings. The largest absolute Gasteiger partial charge is 0.460 e. The van der Waals surface area contributed by atoms with Gasteiger partial charge in [-0.3, -0.25) is 4.79 Å². The predicted molar refractivity (Wildman–Crippen MR) is 56.5 cm³/mol. The normalized spacial score (nSPS) is 11.9. The third-order valence-electron chi connectivity index (χ3n) is 1.64. The van der Waals surface area contributed by atoms with Gasteiger partial charge in [-0.15, -0.1) is 0 Å². The molecule has 0 aliphatic rings. The number of ketones is 1. The number of carbonyl (C=O) groups is 2. The Balaban J connectivity index is 3.50. The van der Waals surface area contributed by atoms with Crippen molar-refractivity contribution in [2.45, 2.75) is 33.3 Å². The van der Waals surface area contributed by atoms with E-state index in [1.165, 1.54) is 6.92 Å². The maximum absolute atomic E-state index is 10.9. The van der Waals surface area contributed by atoms with Gasteiger partial charge >= 0.3 is 5.97 Å². The summed E-state index contributed by atoms with van der Waals surface area (Å²) in [6, 6.07) is 0. The summed E-state index contributed by atoms with van der Waals surface area (Å²) in [5.41, 5.74) is 0.367. The fraction of sp³-hybridized carbons (Fsp3) is 0.636. The molecular formula is C11H18O4. The second kappa shape index (κ2) is 7.17. The van der Waals surface area contributed by atoms with Gasteiger partial charge in [-0.25, -0.2) is 4.79 Å². The van der Waals surface area contributed by atoms with E-state index in [1.54, 1.807) is 6.92 Å². The monoisotopic (exact) mass is 214 g/mol. The Labute approximate surface area is 90.2 Å². The minimum Gasteiger partial charge on any atom is -0.460 e. The number of esters is 1. The smallest absolute Gasteiger partial charge is 0.333 e. The topological polar surface area (TPSA) is 52.6 Å². The van der Waals surface area contributed by atoms with Crippen molar-refractivity contribution in [1.29, 1.82) is 0 Å². The van der Waals surface area contributed by atoms with Gasteiger partial charge in [-0.05, 0) is 20.8 Å². The van der Waals surface area contributed by atoms with E-state index in [0.29, 0.717) is 18.6 Å². The highest BCUT2D eigenvalue weighted by atomic mass is 16.6. The first-order chi connectivity index (χ1) is 6.93. The van der Waals surface area contributed by atoms with E-state index >= 15 is 0 Å². The second-order valence-electron chi connectivity index (χ2n) is 3.50. The van der Waals surface area contributed by atoms with E-state index in [-0.39, 0.29) is 18.5 Å². The van der Waals surface area contributed by atoms with Gasteiger partial charge in [0, 0.05) is 12.0 Å². The van der Waals surface area contributed by atoms with Crippen LogP contribution in [-0.2, 0) is 19.1 Å². The standard InChI is InChI=1S/C11H18O4/c1-8(2)11(13)15-6-5-14-10(4)7-9(3)12/h10H,1,5-7H2,2-4H3. The minimum absolute atomic E-state index is 0.0847. The Hall–Kier alpha value is -1.16. The van der Waals surface area contributed by atoms with E-state index in [2.05, 4.69) is 6.58 Å². The Kier molecular flexibility index (Phi) is 6.62. The van der Waals surface area contributed by atoms with Crippen molar-refractivity contribution in [3.63, 3.8) is 0 Å². The molecule has 0 bridgehead atoms. The lowest BCUT2D eigenvalue weighted by Gasteiger charge is -2.11. The summed E-state index contributed by atoms with van der Waals surface area (Å²) in [6.45, 7) is 8.84. The predicted octanol–water partition coefficient (Wildman–Crippen LogP) is 1.49. The van der Waals surface area contributed by atoms with E-state index in [0.717, 1.165) is 0 Å². The fourth-order valence-corrected chi connectivity index (χ4v) is 0.971. The molecule has 15 heavy (non-hydrogen) atoms. The molecule has 4 heteroatoms. The number of hydrogen-bond donors (Lipinski definition) is 0. The summed E-state index contributed by atoms with van der Waals surface area (Å²) in [5, 5.41) is 0. The van der Waals surface area contributed by atoms with Crippen LogP contribution in [0.25, 0.3) is 0 Å². The van der Waals surface area contributed by atoms with Crippen molar-refractivity contribution in [2.24, 2.45) is 0 Å². The molecule has 86 valence electrons. The van der Waals surface area contributed by atoms with Crippen molar-refractivity contribution in [3.05, 3.63) is 12.2 Å². The molecule has 0 rings (SSSR count). The van der Waals surface area contributed by atoms with E-state index in [9.17, 15) is 9.59 Å². The van der Waals surface area contributed by atoms with E-state index < -0.39 is 5.97 Å². The van der Waals surface area contributed by atoms with Crippen molar-refractivity contribution in [1.82, 2.24) is 0 Å². The highest BCUT2D eigenvalue weighted by Gasteiger charge is 2.06. The summed E-state index contributed by atoms with van der Waals surface area (Å²) in [7, 11) is 0. The quantitative estimate of drug-likeness (QED) is 0.366. The maximum Gasteiger partial charge on any atom is 0.333 e. The van der Waals surface area contributed by atoms with Gasteiger partial charge in [0.15, 0.2) is 0 Å². The van der Waals surface area contributed by atoms with Crippen LogP contribution in [0.15, 0.2) is 12.2 Å². The van der Waals surface area contributed by atoms with Crippen molar-refractivity contribution >= 4 is 11.8 Å². The first-order valence-electron chi connectivity index (χ1n) is 4.87. The van der Waals surface area contributed by atoms with Gasteiger partial charge in [-0.1, -0.05) is 6.58 Å². The summed E-state index contributed by atoms with van der Waals surface area (Å²) >= 11 is 0. The zero-order valence-corrected chi connectivity index (χ0v) is 9.54. The molecule has 0 aliphatic carbocycles. The number of rotatable bonds is 7. The van der Waals surface area contributed by atoms with Crippen LogP contribution in [0.2, 0.25) is 0 Å². The highest BCUT2D eigenvalue weighted by Crippen LogP contribution is 1.98. The summed E-state index contributed by atoms with van der Waals surface area (Å²) in [5.74, 6) is -0.334. The van der Waals surface area contributed by atoms with E-state index in [1.807, 2.05) is 6.92 Å². The molecule has 0 spiro atoms. The second-order valence-corrected chi connectivity index (χ2v) is 3.50. The van der Waals surface area contributed by atoms with Gasteiger partial charge in [0.2, 0.25) is 0 Å². The van der Waals surface area contributed by atoms with Gasteiger partial charge in [0.05, 0.1) is 12.7 Å². The number of carbonyl (C=O) groups excluding carboxylic acids is 2. The average molecular weight is 214 g/mol. The van der Waals surface area contributed by atoms with Crippen molar-refractivity contribution in [2.75, 3.05) is 13.2 Å². The molecule has 1 atom stereocenters. The first-order valence-corrected chi connectivity index (χ1v) is 4.87. The zero-order valence-electron chi connectivity index (χ0n) is 9.54. The lowest BCUT2D eigenvalue weighted by molar-refractivity contribution is -0.141. The molecular weight excluding hydrogens is 196 g/mol. The first kappa shape index (κ1) is 13.8. The summed E-state index contributed by atoms with van der Waals surface area (Å²) in [6.07, 6.45) is 0.250. The Morgan fingerprint density at radius 2 is 1.87 bits per heavy atom. The van der Waals surface area contributed by atoms with Crippen LogP contribution >= 0.6 is 0 Å². The van der Waals surface area contributed by atoms with Gasteiger partial charge in [0.1, 0.15) is 12.4 Å². The van der Waals surface area contributed by atoms with Crippen LogP contribution < -0.4 is 0 Å². The highest BCUT2D eigenvalue weighted by molar-refractivity contribution is 5.86. The molecule has 0 aliphatic heterocycles. The molecule has 0 heterocycles. The van der Waals surface area contributed by atoms with Crippen LogP contribution in [-0.4, -0.2) is 31.1 Å². The Morgan fingerprint density at radius 3 is 2.33 bits per heavy atom. The maximum atomic E-state index is 10.9. The molecule has 0 saturated heterocycles. The third-order valence-corrected chi connectivity index (χ3v) is 1.64. The molecule has 1 unspecified atom stereocenters. The van der Waals surface area contributed by atoms with Crippen molar-refractivity contribution in [3.8, 4) is 0 Å². The molecule has 0 radical (unpaired) electrons. The van der Waals surface area contributed by atoms with Crippen LogP contribution in [0.5, 0.6) is 0 Å². The summed E-state index contributed by atoms with van der Waals surface area (Å²) < 4.78 is 10.1. The van der Waals surface area contributed by atoms with Crippen LogP contribution in [0.3, 0.4) is 0 Å². The Bertz CT molecular complexity index is 245. The third kappa shape index (κ3) is 7.88. The molecule has 0 saturated carbocycles. The van der Waals surface area contributed by atoms with Gasteiger partial charge < -0.3 is 9.47 Å². The van der Waals surface area contributed by atoms with Crippen LogP contribution in [0.4, 0.5) is 0 Å². The molecule has 0 aromatic carbocycles. The number of ether oxygens (including phenoxy) is 2. The van der Waals surface area contributed by atoms with Crippen molar-refractivity contribution < 1.29 is 19.1 Å². The van der Waals surface area contributed by atoms with Gasteiger partial charge in [-0.2, -0.15) is 0 Å². The summed E-state index contributed by atoms with van der Waals surface area (Å²) in [4.78, 5) is 21.6. The molecule has 4 nitrogen and oxygen atoms in total. The fourth-order valence-electron chi connectivity index (χ4n) is 0.971. The average Bonchev–Trinajstić information content (AvgIpc) is 2.10. The van der Waals surface area contributed by atoms with Crippen LogP contribution in [0.1, 0.15) is 27.2 Å². The lowest BCUT2D eigenvalue weighted by Crippen LogP contribution is -2.17. The Morgan fingerprint density at radius 1 is 1.27 bits per heavy atom. The van der Waals surface area contributed by atoms with Crippen LogP contribution in [0, 0.1) is 0 Å². The zero-order chi connectivity index (χ0) is 11.8. The minimum atomic E-state index is -0.419. The number of hydrogen-bond acceptors (Lipinski definition) is 4. The van der Waals surface area contributed by atoms with E-state index in [4.69, 9.17) is 9.47 Å². The number of Topliss-reactive ketones (excluding diaryl/α,β-unsaturated/α-hetero) is 1. The SMILES string of the molecule is C=C(C)C(=O)OCCOC(C)CC(C)=O. The lowest BCUT2D eigenvalue weighted by atomic mass is 10.2. The molecule has 0 amide bonds.